The van der Waals surface area contributed by atoms with Crippen LogP contribution in [-0.2, 0) is 0 Å². The van der Waals surface area contributed by atoms with Crippen molar-refractivity contribution in [1.82, 2.24) is 5.32 Å². The van der Waals surface area contributed by atoms with Gasteiger partial charge < -0.3 is 5.32 Å². The van der Waals surface area contributed by atoms with Crippen LogP contribution in [-0.4, -0.2) is 6.04 Å². The van der Waals surface area contributed by atoms with Crippen molar-refractivity contribution >= 4 is 0 Å². The van der Waals surface area contributed by atoms with Crippen molar-refractivity contribution in [2.75, 3.05) is 0 Å². The van der Waals surface area contributed by atoms with Crippen LogP contribution in [0.1, 0.15) is 70.4 Å². The highest BCUT2D eigenvalue weighted by Crippen LogP contribution is 2.41. The molecule has 1 aliphatic carbocycles. The summed E-state index contributed by atoms with van der Waals surface area (Å²) in [7, 11) is 0. The highest BCUT2D eigenvalue weighted by Gasteiger charge is 2.33. The molecule has 1 aromatic rings. The number of hydrogen-bond donors (Lipinski definition) is 1. The SMILES string of the molecule is CCCCC(CCC)NC(c1ccc(F)cc1)C1CC1. The first-order valence-corrected chi connectivity index (χ1v) is 8.26. The molecule has 0 amide bonds. The lowest BCUT2D eigenvalue weighted by Gasteiger charge is -2.26. The third-order valence-corrected chi connectivity index (χ3v) is 4.28. The monoisotopic (exact) mass is 277 g/mol. The van der Waals surface area contributed by atoms with Gasteiger partial charge in [0.1, 0.15) is 5.82 Å². The molecule has 1 aromatic carbocycles. The van der Waals surface area contributed by atoms with Gasteiger partial charge in [-0.3, -0.25) is 0 Å². The molecule has 0 aliphatic heterocycles. The minimum atomic E-state index is -0.139. The molecule has 0 heterocycles. The Balaban J connectivity index is 2.01. The Morgan fingerprint density at radius 2 is 1.80 bits per heavy atom. The van der Waals surface area contributed by atoms with Gasteiger partial charge in [0.2, 0.25) is 0 Å². The molecule has 0 radical (unpaired) electrons. The van der Waals surface area contributed by atoms with E-state index in [1.54, 1.807) is 12.1 Å². The van der Waals surface area contributed by atoms with E-state index in [0.717, 1.165) is 5.92 Å². The van der Waals surface area contributed by atoms with Crippen LogP contribution in [0.4, 0.5) is 4.39 Å². The Morgan fingerprint density at radius 1 is 1.10 bits per heavy atom. The zero-order chi connectivity index (χ0) is 14.4. The molecule has 1 N–H and O–H groups in total. The Kier molecular flexibility index (Phi) is 6.03. The van der Waals surface area contributed by atoms with Gasteiger partial charge in [0.05, 0.1) is 0 Å². The number of rotatable bonds is 9. The highest BCUT2D eigenvalue weighted by atomic mass is 19.1. The third-order valence-electron chi connectivity index (χ3n) is 4.28. The third kappa shape index (κ3) is 4.59. The average Bonchev–Trinajstić information content (AvgIpc) is 3.27. The van der Waals surface area contributed by atoms with Crippen LogP contribution in [0.25, 0.3) is 0 Å². The minimum Gasteiger partial charge on any atom is -0.307 e. The predicted octanol–water partition coefficient (Wildman–Crippen LogP) is 5.23. The summed E-state index contributed by atoms with van der Waals surface area (Å²) in [5, 5.41) is 3.87. The summed E-state index contributed by atoms with van der Waals surface area (Å²) >= 11 is 0. The quantitative estimate of drug-likeness (QED) is 0.652. The van der Waals surface area contributed by atoms with Gasteiger partial charge in [-0.05, 0) is 49.3 Å². The molecule has 0 saturated heterocycles. The van der Waals surface area contributed by atoms with Gasteiger partial charge in [-0.2, -0.15) is 0 Å². The average molecular weight is 277 g/mol. The predicted molar refractivity (Wildman–Crippen MR) is 83.2 cm³/mol. The van der Waals surface area contributed by atoms with Crippen LogP contribution in [0.5, 0.6) is 0 Å². The van der Waals surface area contributed by atoms with Gasteiger partial charge in [-0.1, -0.05) is 45.2 Å². The van der Waals surface area contributed by atoms with E-state index in [4.69, 9.17) is 0 Å². The molecule has 0 bridgehead atoms. The van der Waals surface area contributed by atoms with Crippen molar-refractivity contribution in [3.63, 3.8) is 0 Å². The van der Waals surface area contributed by atoms with Crippen molar-refractivity contribution in [1.29, 1.82) is 0 Å². The van der Waals surface area contributed by atoms with Crippen molar-refractivity contribution < 1.29 is 4.39 Å². The van der Waals surface area contributed by atoms with E-state index in [2.05, 4.69) is 19.2 Å². The Labute approximate surface area is 123 Å². The van der Waals surface area contributed by atoms with Crippen LogP contribution < -0.4 is 5.32 Å². The van der Waals surface area contributed by atoms with E-state index in [-0.39, 0.29) is 5.82 Å². The molecule has 2 rings (SSSR count). The molecule has 20 heavy (non-hydrogen) atoms. The van der Waals surface area contributed by atoms with Gasteiger partial charge in [-0.25, -0.2) is 4.39 Å². The highest BCUT2D eigenvalue weighted by molar-refractivity contribution is 5.22. The second kappa shape index (κ2) is 7.78. The second-order valence-corrected chi connectivity index (χ2v) is 6.16. The number of unbranched alkanes of at least 4 members (excludes halogenated alkanes) is 1. The van der Waals surface area contributed by atoms with Crippen molar-refractivity contribution in [3.8, 4) is 0 Å². The lowest BCUT2D eigenvalue weighted by atomic mass is 9.98. The van der Waals surface area contributed by atoms with E-state index >= 15 is 0 Å². The minimum absolute atomic E-state index is 0.139. The zero-order valence-corrected chi connectivity index (χ0v) is 12.9. The molecule has 0 spiro atoms. The van der Waals surface area contributed by atoms with Gasteiger partial charge in [-0.15, -0.1) is 0 Å². The molecule has 2 unspecified atom stereocenters. The van der Waals surface area contributed by atoms with E-state index in [0.29, 0.717) is 12.1 Å². The second-order valence-electron chi connectivity index (χ2n) is 6.16. The van der Waals surface area contributed by atoms with Crippen molar-refractivity contribution in [2.24, 2.45) is 5.92 Å². The smallest absolute Gasteiger partial charge is 0.123 e. The van der Waals surface area contributed by atoms with Crippen molar-refractivity contribution in [2.45, 2.75) is 70.9 Å². The molecule has 2 atom stereocenters. The first-order valence-electron chi connectivity index (χ1n) is 8.26. The van der Waals surface area contributed by atoms with Crippen LogP contribution in [0.15, 0.2) is 24.3 Å². The Hall–Kier alpha value is -0.890. The van der Waals surface area contributed by atoms with Gasteiger partial charge in [0.25, 0.3) is 0 Å². The molecule has 1 saturated carbocycles. The van der Waals surface area contributed by atoms with Crippen LogP contribution in [0.3, 0.4) is 0 Å². The standard InChI is InChI=1S/C18H28FN/c1-3-5-7-17(6-4-2)20-18(14-8-9-14)15-10-12-16(19)13-11-15/h10-14,17-18,20H,3-9H2,1-2H3. The fraction of sp³-hybridized carbons (Fsp3) is 0.667. The fourth-order valence-electron chi connectivity index (χ4n) is 2.97. The van der Waals surface area contributed by atoms with Crippen LogP contribution in [0, 0.1) is 11.7 Å². The van der Waals surface area contributed by atoms with Crippen LogP contribution in [0.2, 0.25) is 0 Å². The van der Waals surface area contributed by atoms with Crippen LogP contribution >= 0.6 is 0 Å². The van der Waals surface area contributed by atoms with E-state index in [9.17, 15) is 4.39 Å². The molecule has 0 aromatic heterocycles. The molecule has 1 aliphatic rings. The number of halogens is 1. The molecular weight excluding hydrogens is 249 g/mol. The summed E-state index contributed by atoms with van der Waals surface area (Å²) in [5.74, 6) is 0.612. The largest absolute Gasteiger partial charge is 0.307 e. The summed E-state index contributed by atoms with van der Waals surface area (Å²) in [6.07, 6.45) is 8.88. The normalized spacial score (nSPS) is 17.9. The first-order chi connectivity index (χ1) is 9.74. The maximum Gasteiger partial charge on any atom is 0.123 e. The molecule has 112 valence electrons. The number of benzene rings is 1. The fourth-order valence-corrected chi connectivity index (χ4v) is 2.97. The lowest BCUT2D eigenvalue weighted by Crippen LogP contribution is -2.34. The molecular formula is C18H28FN. The Morgan fingerprint density at radius 3 is 2.35 bits per heavy atom. The van der Waals surface area contributed by atoms with Gasteiger partial charge in [0, 0.05) is 12.1 Å². The summed E-state index contributed by atoms with van der Waals surface area (Å²) in [4.78, 5) is 0. The van der Waals surface area contributed by atoms with Gasteiger partial charge in [0.15, 0.2) is 0 Å². The topological polar surface area (TPSA) is 12.0 Å². The summed E-state index contributed by atoms with van der Waals surface area (Å²) < 4.78 is 13.1. The molecule has 1 nitrogen and oxygen atoms in total. The van der Waals surface area contributed by atoms with E-state index in [1.165, 1.54) is 50.5 Å². The van der Waals surface area contributed by atoms with E-state index < -0.39 is 0 Å². The Bertz CT molecular complexity index is 383. The molecule has 2 heteroatoms. The summed E-state index contributed by atoms with van der Waals surface area (Å²) in [6, 6.07) is 8.11. The number of nitrogens with one attached hydrogen (secondary N) is 1. The maximum absolute atomic E-state index is 13.1. The van der Waals surface area contributed by atoms with Crippen molar-refractivity contribution in [3.05, 3.63) is 35.6 Å². The maximum atomic E-state index is 13.1. The lowest BCUT2D eigenvalue weighted by molar-refractivity contribution is 0.360. The summed E-state index contributed by atoms with van der Waals surface area (Å²) in [5.41, 5.74) is 1.26. The van der Waals surface area contributed by atoms with E-state index in [1.807, 2.05) is 12.1 Å². The molecule has 1 fully saturated rings. The number of hydrogen-bond acceptors (Lipinski definition) is 1. The first kappa shape index (κ1) is 15.5. The van der Waals surface area contributed by atoms with Gasteiger partial charge >= 0.3 is 0 Å². The summed E-state index contributed by atoms with van der Waals surface area (Å²) in [6.45, 7) is 4.51. The zero-order valence-electron chi connectivity index (χ0n) is 12.9.